The average Bonchev–Trinajstić information content (AvgIpc) is 2.90. The van der Waals surface area contributed by atoms with E-state index in [9.17, 15) is 0 Å². The highest BCUT2D eigenvalue weighted by Gasteiger charge is 2.11. The molecule has 0 aliphatic carbocycles. The lowest BCUT2D eigenvalue weighted by molar-refractivity contribution is 0.880. The van der Waals surface area contributed by atoms with Gasteiger partial charge in [0, 0.05) is 18.2 Å². The number of amidine groups is 1. The molecule has 2 heterocycles. The minimum Gasteiger partial charge on any atom is -0.386 e. The number of benzene rings is 1. The van der Waals surface area contributed by atoms with Gasteiger partial charge in [0.25, 0.3) is 0 Å². The maximum Gasteiger partial charge on any atom is 0.122 e. The highest BCUT2D eigenvalue weighted by Crippen LogP contribution is 2.13. The predicted octanol–water partition coefficient (Wildman–Crippen LogP) is 1.73. The molecule has 2 aromatic rings. The van der Waals surface area contributed by atoms with Crippen molar-refractivity contribution in [3.8, 4) is 5.69 Å². The number of nitrogens with zero attached hydrogens (tertiary/aromatic N) is 4. The zero-order valence-electron chi connectivity index (χ0n) is 9.82. The van der Waals surface area contributed by atoms with Crippen molar-refractivity contribution in [1.29, 1.82) is 0 Å². The lowest BCUT2D eigenvalue weighted by atomic mass is 10.1. The van der Waals surface area contributed by atoms with Crippen molar-refractivity contribution in [3.63, 3.8) is 0 Å². The summed E-state index contributed by atoms with van der Waals surface area (Å²) < 4.78 is 1.83. The second-order valence-corrected chi connectivity index (χ2v) is 4.15. The summed E-state index contributed by atoms with van der Waals surface area (Å²) in [4.78, 5) is 0. The van der Waals surface area contributed by atoms with Crippen LogP contribution in [0.1, 0.15) is 18.4 Å². The fourth-order valence-corrected chi connectivity index (χ4v) is 1.87. The standard InChI is InChI=1S/C13H13N5/c14-13-7-6-12(16-17-13)10-8-15-18(9-10)11-4-2-1-3-5-11/h1-5,8-9H,6-7H2,(H2,14,17). The number of nitrogens with two attached hydrogens (primary N) is 1. The van der Waals surface area contributed by atoms with Crippen LogP contribution in [0.3, 0.4) is 0 Å². The molecule has 0 spiro atoms. The van der Waals surface area contributed by atoms with Crippen molar-refractivity contribution in [3.05, 3.63) is 48.3 Å². The van der Waals surface area contributed by atoms with Gasteiger partial charge in [-0.2, -0.15) is 10.2 Å². The van der Waals surface area contributed by atoms with E-state index in [1.807, 2.05) is 47.4 Å². The van der Waals surface area contributed by atoms with Gasteiger partial charge in [-0.15, -0.1) is 5.10 Å². The summed E-state index contributed by atoms with van der Waals surface area (Å²) in [5.41, 5.74) is 8.56. The zero-order valence-corrected chi connectivity index (χ0v) is 9.82. The van der Waals surface area contributed by atoms with Crippen LogP contribution < -0.4 is 5.73 Å². The van der Waals surface area contributed by atoms with Crippen molar-refractivity contribution >= 4 is 11.5 Å². The van der Waals surface area contributed by atoms with Gasteiger partial charge in [0.05, 0.1) is 17.6 Å². The Morgan fingerprint density at radius 3 is 2.61 bits per heavy atom. The Kier molecular flexibility index (Phi) is 2.64. The first-order valence-electron chi connectivity index (χ1n) is 5.82. The molecule has 90 valence electrons. The Morgan fingerprint density at radius 2 is 1.89 bits per heavy atom. The molecule has 5 heteroatoms. The fourth-order valence-electron chi connectivity index (χ4n) is 1.87. The molecule has 0 bridgehead atoms. The van der Waals surface area contributed by atoms with Gasteiger partial charge in [0.1, 0.15) is 5.84 Å². The van der Waals surface area contributed by atoms with E-state index in [0.29, 0.717) is 5.84 Å². The molecule has 5 nitrogen and oxygen atoms in total. The second kappa shape index (κ2) is 4.44. The number of hydrogen-bond acceptors (Lipinski definition) is 4. The van der Waals surface area contributed by atoms with Crippen LogP contribution in [-0.2, 0) is 0 Å². The molecule has 0 fully saturated rings. The number of rotatable bonds is 2. The van der Waals surface area contributed by atoms with E-state index in [2.05, 4.69) is 15.3 Å². The first-order valence-corrected chi connectivity index (χ1v) is 5.82. The summed E-state index contributed by atoms with van der Waals surface area (Å²) in [6, 6.07) is 9.97. The third-order valence-electron chi connectivity index (χ3n) is 2.85. The molecule has 1 aromatic heterocycles. The van der Waals surface area contributed by atoms with Crippen molar-refractivity contribution in [2.24, 2.45) is 15.9 Å². The van der Waals surface area contributed by atoms with Gasteiger partial charge in [0.2, 0.25) is 0 Å². The van der Waals surface area contributed by atoms with E-state index in [1.165, 1.54) is 0 Å². The summed E-state index contributed by atoms with van der Waals surface area (Å²) in [5.74, 6) is 0.592. The van der Waals surface area contributed by atoms with E-state index in [1.54, 1.807) is 0 Å². The van der Waals surface area contributed by atoms with Gasteiger partial charge in [-0.1, -0.05) is 18.2 Å². The molecule has 0 saturated carbocycles. The molecule has 1 aromatic carbocycles. The molecule has 1 aliphatic rings. The molecule has 3 rings (SSSR count). The molecule has 0 unspecified atom stereocenters. The first kappa shape index (κ1) is 10.7. The molecule has 1 aliphatic heterocycles. The maximum absolute atomic E-state index is 5.59. The third-order valence-corrected chi connectivity index (χ3v) is 2.85. The van der Waals surface area contributed by atoms with Crippen LogP contribution in [0.4, 0.5) is 0 Å². The third kappa shape index (κ3) is 2.02. The largest absolute Gasteiger partial charge is 0.386 e. The van der Waals surface area contributed by atoms with E-state index in [-0.39, 0.29) is 0 Å². The second-order valence-electron chi connectivity index (χ2n) is 4.15. The molecule has 2 N–H and O–H groups in total. The van der Waals surface area contributed by atoms with Crippen LogP contribution in [0.15, 0.2) is 52.9 Å². The van der Waals surface area contributed by atoms with Gasteiger partial charge in [-0.3, -0.25) is 0 Å². The Bertz CT molecular complexity index is 609. The highest BCUT2D eigenvalue weighted by atomic mass is 15.3. The zero-order chi connectivity index (χ0) is 12.4. The van der Waals surface area contributed by atoms with Crippen LogP contribution in [0.2, 0.25) is 0 Å². The number of para-hydroxylation sites is 1. The first-order chi connectivity index (χ1) is 8.83. The van der Waals surface area contributed by atoms with Crippen molar-refractivity contribution in [2.45, 2.75) is 12.8 Å². The van der Waals surface area contributed by atoms with Crippen LogP contribution in [0.5, 0.6) is 0 Å². The van der Waals surface area contributed by atoms with Gasteiger partial charge < -0.3 is 5.73 Å². The SMILES string of the molecule is NC1=NN=C(c2cnn(-c3ccccc3)c2)CC1. The molecule has 18 heavy (non-hydrogen) atoms. The molecule has 0 atom stereocenters. The Morgan fingerprint density at radius 1 is 1.06 bits per heavy atom. The molecule has 0 amide bonds. The topological polar surface area (TPSA) is 68.6 Å². The van der Waals surface area contributed by atoms with Crippen molar-refractivity contribution in [1.82, 2.24) is 9.78 Å². The normalized spacial score (nSPS) is 15.1. The minimum atomic E-state index is 0.592. The van der Waals surface area contributed by atoms with E-state index < -0.39 is 0 Å². The van der Waals surface area contributed by atoms with Crippen LogP contribution in [0, 0.1) is 0 Å². The fraction of sp³-hybridized carbons (Fsp3) is 0.154. The average molecular weight is 239 g/mol. The monoisotopic (exact) mass is 239 g/mol. The van der Waals surface area contributed by atoms with Crippen molar-refractivity contribution in [2.75, 3.05) is 0 Å². The smallest absolute Gasteiger partial charge is 0.122 e. The van der Waals surface area contributed by atoms with Crippen LogP contribution >= 0.6 is 0 Å². The highest BCUT2D eigenvalue weighted by molar-refractivity contribution is 6.03. The predicted molar refractivity (Wildman–Crippen MR) is 71.0 cm³/mol. The quantitative estimate of drug-likeness (QED) is 0.867. The molecule has 0 saturated heterocycles. The summed E-state index contributed by atoms with van der Waals surface area (Å²) in [6.45, 7) is 0. The summed E-state index contributed by atoms with van der Waals surface area (Å²) in [6.07, 6.45) is 5.35. The molecular formula is C13H13N5. The van der Waals surface area contributed by atoms with E-state index in [0.717, 1.165) is 29.8 Å². The van der Waals surface area contributed by atoms with Gasteiger partial charge in [0.15, 0.2) is 0 Å². The van der Waals surface area contributed by atoms with Gasteiger partial charge in [-0.05, 0) is 18.6 Å². The molecule has 0 radical (unpaired) electrons. The number of aromatic nitrogens is 2. The summed E-state index contributed by atoms with van der Waals surface area (Å²) >= 11 is 0. The lowest BCUT2D eigenvalue weighted by Crippen LogP contribution is -2.17. The Hall–Kier alpha value is -2.43. The molecular weight excluding hydrogens is 226 g/mol. The minimum absolute atomic E-state index is 0.592. The van der Waals surface area contributed by atoms with Crippen molar-refractivity contribution < 1.29 is 0 Å². The van der Waals surface area contributed by atoms with E-state index in [4.69, 9.17) is 5.73 Å². The van der Waals surface area contributed by atoms with Gasteiger partial charge >= 0.3 is 0 Å². The van der Waals surface area contributed by atoms with Gasteiger partial charge in [-0.25, -0.2) is 4.68 Å². The Labute approximate surface area is 105 Å². The Balaban J connectivity index is 1.91. The summed E-state index contributed by atoms with van der Waals surface area (Å²) in [5, 5.41) is 12.4. The van der Waals surface area contributed by atoms with Crippen LogP contribution in [0.25, 0.3) is 5.69 Å². The lowest BCUT2D eigenvalue weighted by Gasteiger charge is -2.06. The number of hydrogen-bond donors (Lipinski definition) is 1. The van der Waals surface area contributed by atoms with Crippen LogP contribution in [-0.4, -0.2) is 21.3 Å². The summed E-state index contributed by atoms with van der Waals surface area (Å²) in [7, 11) is 0. The van der Waals surface area contributed by atoms with E-state index >= 15 is 0 Å². The maximum atomic E-state index is 5.59.